The van der Waals surface area contributed by atoms with E-state index >= 15 is 0 Å². The van der Waals surface area contributed by atoms with Gasteiger partial charge in [0, 0.05) is 42.4 Å². The van der Waals surface area contributed by atoms with Gasteiger partial charge in [-0.1, -0.05) is 0 Å². The number of methoxy groups -OCH3 is 1. The first-order valence-electron chi connectivity index (χ1n) is 8.06. The Morgan fingerprint density at radius 2 is 2.10 bits per heavy atom. The van der Waals surface area contributed by atoms with Crippen LogP contribution in [0.3, 0.4) is 0 Å². The average molecular weight is 308 g/mol. The number of hydrogen-bond acceptors (Lipinski definition) is 4. The molecule has 0 bridgehead atoms. The van der Waals surface area contributed by atoms with E-state index < -0.39 is 0 Å². The molecule has 2 aliphatic rings. The van der Waals surface area contributed by atoms with Gasteiger partial charge in [-0.15, -0.1) is 11.3 Å². The summed E-state index contributed by atoms with van der Waals surface area (Å²) in [6.07, 6.45) is 2.66. The predicted molar refractivity (Wildman–Crippen MR) is 88.9 cm³/mol. The van der Waals surface area contributed by atoms with Gasteiger partial charge >= 0.3 is 0 Å². The highest BCUT2D eigenvalue weighted by atomic mass is 32.1. The van der Waals surface area contributed by atoms with Crippen molar-refractivity contribution >= 4 is 11.3 Å². The van der Waals surface area contributed by atoms with Gasteiger partial charge in [-0.25, -0.2) is 0 Å². The fourth-order valence-electron chi connectivity index (χ4n) is 4.25. The maximum Gasteiger partial charge on any atom is 0.0508 e. The largest absolute Gasteiger partial charge is 0.384 e. The summed E-state index contributed by atoms with van der Waals surface area (Å²) >= 11 is 1.94. The lowest BCUT2D eigenvalue weighted by atomic mass is 9.71. The molecule has 1 atom stereocenters. The summed E-state index contributed by atoms with van der Waals surface area (Å²) in [5, 5.41) is 0. The van der Waals surface area contributed by atoms with Crippen LogP contribution < -0.4 is 0 Å². The van der Waals surface area contributed by atoms with Crippen molar-refractivity contribution < 1.29 is 4.74 Å². The van der Waals surface area contributed by atoms with Gasteiger partial charge in [-0.05, 0) is 57.5 Å². The lowest BCUT2D eigenvalue weighted by Gasteiger charge is -2.42. The van der Waals surface area contributed by atoms with Crippen LogP contribution in [0.4, 0.5) is 0 Å². The summed E-state index contributed by atoms with van der Waals surface area (Å²) in [5.74, 6) is 0.721. The zero-order valence-electron chi connectivity index (χ0n) is 13.6. The van der Waals surface area contributed by atoms with Crippen molar-refractivity contribution in [1.29, 1.82) is 0 Å². The van der Waals surface area contributed by atoms with Crippen molar-refractivity contribution in [2.24, 2.45) is 11.3 Å². The summed E-state index contributed by atoms with van der Waals surface area (Å²) < 4.78 is 5.49. The molecule has 3 nitrogen and oxygen atoms in total. The number of hydrogen-bond donors (Lipinski definition) is 0. The van der Waals surface area contributed by atoms with E-state index in [9.17, 15) is 0 Å². The van der Waals surface area contributed by atoms with Gasteiger partial charge in [-0.3, -0.25) is 4.90 Å². The third-order valence-corrected chi connectivity index (χ3v) is 6.36. The quantitative estimate of drug-likeness (QED) is 0.851. The van der Waals surface area contributed by atoms with Gasteiger partial charge in [0.2, 0.25) is 0 Å². The lowest BCUT2D eigenvalue weighted by molar-refractivity contribution is 0.0357. The van der Waals surface area contributed by atoms with E-state index in [4.69, 9.17) is 4.74 Å². The van der Waals surface area contributed by atoms with E-state index in [1.54, 1.807) is 0 Å². The summed E-state index contributed by atoms with van der Waals surface area (Å²) in [7, 11) is 4.11. The number of aryl methyl sites for hydroxylation is 1. The van der Waals surface area contributed by atoms with E-state index in [-0.39, 0.29) is 0 Å². The Balaban J connectivity index is 1.58. The number of piperidine rings is 1. The third-order valence-electron chi connectivity index (χ3n) is 5.38. The average Bonchev–Trinajstić information content (AvgIpc) is 2.98. The van der Waals surface area contributed by atoms with Crippen LogP contribution in [0.25, 0.3) is 0 Å². The first-order chi connectivity index (χ1) is 10.1. The van der Waals surface area contributed by atoms with Crippen LogP contribution >= 0.6 is 11.3 Å². The van der Waals surface area contributed by atoms with Crippen molar-refractivity contribution in [2.75, 3.05) is 46.9 Å². The van der Waals surface area contributed by atoms with E-state index in [2.05, 4.69) is 35.9 Å². The topological polar surface area (TPSA) is 15.7 Å². The van der Waals surface area contributed by atoms with Gasteiger partial charge in [0.1, 0.15) is 0 Å². The predicted octanol–water partition coefficient (Wildman–Crippen LogP) is 2.85. The molecule has 2 aliphatic heterocycles. The zero-order valence-corrected chi connectivity index (χ0v) is 14.4. The number of ether oxygens (including phenoxy) is 1. The highest BCUT2D eigenvalue weighted by Crippen LogP contribution is 2.44. The van der Waals surface area contributed by atoms with E-state index in [0.717, 1.165) is 19.1 Å². The Labute approximate surface area is 132 Å². The fraction of sp³-hybridized carbons (Fsp3) is 0.765. The smallest absolute Gasteiger partial charge is 0.0508 e. The van der Waals surface area contributed by atoms with Gasteiger partial charge in [-0.2, -0.15) is 0 Å². The van der Waals surface area contributed by atoms with Crippen LogP contribution in [0.2, 0.25) is 0 Å². The van der Waals surface area contributed by atoms with Crippen molar-refractivity contribution in [2.45, 2.75) is 26.3 Å². The molecule has 0 saturated carbocycles. The minimum Gasteiger partial charge on any atom is -0.384 e. The first kappa shape index (κ1) is 15.5. The monoisotopic (exact) mass is 308 g/mol. The molecule has 4 heteroatoms. The Bertz CT molecular complexity index is 465. The van der Waals surface area contributed by atoms with Crippen molar-refractivity contribution in [3.05, 3.63) is 21.9 Å². The van der Waals surface area contributed by atoms with Crippen molar-refractivity contribution in [3.8, 4) is 0 Å². The molecule has 0 aromatic carbocycles. The van der Waals surface area contributed by atoms with Gasteiger partial charge in [0.05, 0.1) is 6.61 Å². The number of rotatable bonds is 4. The summed E-state index contributed by atoms with van der Waals surface area (Å²) in [5.41, 5.74) is 0.507. The molecular formula is C17H28N2OS. The van der Waals surface area contributed by atoms with Crippen LogP contribution in [0.5, 0.6) is 0 Å². The van der Waals surface area contributed by atoms with Crippen LogP contribution in [0.15, 0.2) is 12.1 Å². The minimum absolute atomic E-state index is 0.507. The summed E-state index contributed by atoms with van der Waals surface area (Å²) in [6, 6.07) is 4.54. The van der Waals surface area contributed by atoms with Gasteiger partial charge in [0.25, 0.3) is 0 Å². The molecule has 0 N–H and O–H groups in total. The third kappa shape index (κ3) is 3.34. The molecule has 1 aromatic rings. The van der Waals surface area contributed by atoms with Gasteiger partial charge in [0.15, 0.2) is 0 Å². The molecule has 3 heterocycles. The van der Waals surface area contributed by atoms with Crippen LogP contribution in [-0.4, -0.2) is 56.7 Å². The van der Waals surface area contributed by atoms with E-state index in [1.807, 2.05) is 18.4 Å². The molecule has 1 unspecified atom stereocenters. The standard InChI is InChI=1S/C17H28N2OS/c1-14-4-5-16(21-14)11-19-8-6-17(7-9-19)13-18(2)10-15(17)12-20-3/h4-5,15H,6-13H2,1-3H3. The molecule has 0 aliphatic carbocycles. The normalized spacial score (nSPS) is 26.7. The highest BCUT2D eigenvalue weighted by Gasteiger charge is 2.46. The Kier molecular flexibility index (Phi) is 4.69. The SMILES string of the molecule is COCC1CN(C)CC12CCN(Cc1ccc(C)s1)CC2. The molecule has 2 saturated heterocycles. The molecule has 118 valence electrons. The summed E-state index contributed by atoms with van der Waals surface area (Å²) in [4.78, 5) is 8.08. The van der Waals surface area contributed by atoms with E-state index in [1.165, 1.54) is 48.8 Å². The number of thiophene rings is 1. The minimum atomic E-state index is 0.507. The second-order valence-corrected chi connectivity index (χ2v) is 8.37. The number of likely N-dealkylation sites (tertiary alicyclic amines) is 2. The van der Waals surface area contributed by atoms with E-state index in [0.29, 0.717) is 5.41 Å². The molecule has 0 radical (unpaired) electrons. The number of nitrogens with zero attached hydrogens (tertiary/aromatic N) is 2. The maximum atomic E-state index is 5.49. The van der Waals surface area contributed by atoms with Crippen LogP contribution in [-0.2, 0) is 11.3 Å². The molecule has 3 rings (SSSR count). The van der Waals surface area contributed by atoms with Crippen molar-refractivity contribution in [1.82, 2.24) is 9.80 Å². The molecule has 1 spiro atoms. The molecule has 21 heavy (non-hydrogen) atoms. The molecular weight excluding hydrogens is 280 g/mol. The second-order valence-electron chi connectivity index (χ2n) is 7.00. The lowest BCUT2D eigenvalue weighted by Crippen LogP contribution is -2.44. The maximum absolute atomic E-state index is 5.49. The first-order valence-corrected chi connectivity index (χ1v) is 8.88. The Morgan fingerprint density at radius 1 is 1.33 bits per heavy atom. The molecule has 0 amide bonds. The summed E-state index contributed by atoms with van der Waals surface area (Å²) in [6.45, 7) is 9.21. The van der Waals surface area contributed by atoms with Crippen LogP contribution in [0, 0.1) is 18.3 Å². The Hall–Kier alpha value is -0.420. The Morgan fingerprint density at radius 3 is 2.71 bits per heavy atom. The van der Waals surface area contributed by atoms with Gasteiger partial charge < -0.3 is 9.64 Å². The van der Waals surface area contributed by atoms with Crippen molar-refractivity contribution in [3.63, 3.8) is 0 Å². The fourth-order valence-corrected chi connectivity index (χ4v) is 5.18. The highest BCUT2D eigenvalue weighted by molar-refractivity contribution is 7.11. The van der Waals surface area contributed by atoms with Crippen LogP contribution in [0.1, 0.15) is 22.6 Å². The second kappa shape index (κ2) is 6.37. The molecule has 1 aromatic heterocycles. The zero-order chi connectivity index (χ0) is 14.9. The molecule has 2 fully saturated rings.